The van der Waals surface area contributed by atoms with E-state index in [1.54, 1.807) is 38.2 Å². The summed E-state index contributed by atoms with van der Waals surface area (Å²) in [5.41, 5.74) is 2.62. The number of pyridine rings is 3. The summed E-state index contributed by atoms with van der Waals surface area (Å²) in [6.45, 7) is 1.80. The molecule has 0 bridgehead atoms. The lowest BCUT2D eigenvalue weighted by molar-refractivity contribution is 0.0990. The minimum Gasteiger partial charge on any atom is -0.494 e. The average molecular weight is 526 g/mol. The Morgan fingerprint density at radius 3 is 2.50 bits per heavy atom. The Bertz CT molecular complexity index is 1430. The maximum Gasteiger partial charge on any atom is 0.289 e. The Hall–Kier alpha value is -4.16. The molecular weight excluding hydrogens is 506 g/mol. The summed E-state index contributed by atoms with van der Waals surface area (Å²) in [5.74, 6) is -0.0276. The summed E-state index contributed by atoms with van der Waals surface area (Å²) in [7, 11) is 4.59. The maximum atomic E-state index is 13.2. The molecule has 2 amide bonds. The van der Waals surface area contributed by atoms with Crippen LogP contribution in [-0.4, -0.2) is 58.2 Å². The summed E-state index contributed by atoms with van der Waals surface area (Å²) in [6, 6.07) is 6.69. The van der Waals surface area contributed by atoms with Gasteiger partial charge in [-0.1, -0.05) is 22.9 Å². The molecule has 11 nitrogen and oxygen atoms in total. The first-order valence-electron chi connectivity index (χ1n) is 10.4. The van der Waals surface area contributed by atoms with E-state index in [1.165, 1.54) is 37.7 Å². The van der Waals surface area contributed by atoms with Gasteiger partial charge in [0.2, 0.25) is 16.0 Å². The standard InChI is InChI=1S/C23H20ClN7O4S/c1-12-7-14(15-8-18(24)26-11-17(15)34-3)16(10-25-12)20(32)28-23-30-29-21(36-23)22(33)31(2)13-5-6-19(35-4)27-9-13/h5-11H,1-4H3,(H,28,30,32). The van der Waals surface area contributed by atoms with Crippen molar-refractivity contribution in [3.8, 4) is 22.8 Å². The number of nitrogens with zero attached hydrogens (tertiary/aromatic N) is 6. The molecule has 0 radical (unpaired) electrons. The van der Waals surface area contributed by atoms with E-state index < -0.39 is 11.8 Å². The third-order valence-electron chi connectivity index (χ3n) is 5.08. The smallest absolute Gasteiger partial charge is 0.289 e. The van der Waals surface area contributed by atoms with Gasteiger partial charge < -0.3 is 14.4 Å². The molecule has 0 atom stereocenters. The van der Waals surface area contributed by atoms with Gasteiger partial charge in [-0.2, -0.15) is 0 Å². The molecule has 0 aromatic carbocycles. The number of methoxy groups -OCH3 is 2. The van der Waals surface area contributed by atoms with Crippen molar-refractivity contribution < 1.29 is 19.1 Å². The predicted molar refractivity (Wildman–Crippen MR) is 135 cm³/mol. The maximum absolute atomic E-state index is 13.2. The zero-order chi connectivity index (χ0) is 25.8. The summed E-state index contributed by atoms with van der Waals surface area (Å²) >= 11 is 7.04. The van der Waals surface area contributed by atoms with E-state index in [1.807, 2.05) is 0 Å². The normalized spacial score (nSPS) is 10.6. The molecule has 1 N–H and O–H groups in total. The zero-order valence-corrected chi connectivity index (χ0v) is 21.2. The van der Waals surface area contributed by atoms with Crippen molar-refractivity contribution in [1.29, 1.82) is 0 Å². The number of amides is 2. The van der Waals surface area contributed by atoms with Crippen LogP contribution in [0.2, 0.25) is 5.15 Å². The van der Waals surface area contributed by atoms with Crippen LogP contribution in [-0.2, 0) is 0 Å². The number of rotatable bonds is 7. The summed E-state index contributed by atoms with van der Waals surface area (Å²) in [5, 5.41) is 11.1. The van der Waals surface area contributed by atoms with Crippen molar-refractivity contribution in [3.63, 3.8) is 0 Å². The van der Waals surface area contributed by atoms with Crippen molar-refractivity contribution in [1.82, 2.24) is 25.1 Å². The Balaban J connectivity index is 1.57. The summed E-state index contributed by atoms with van der Waals surface area (Å²) < 4.78 is 10.4. The fraction of sp³-hybridized carbons (Fsp3) is 0.174. The third kappa shape index (κ3) is 5.24. The minimum atomic E-state index is -0.490. The lowest BCUT2D eigenvalue weighted by Gasteiger charge is -2.15. The minimum absolute atomic E-state index is 0.0912. The van der Waals surface area contributed by atoms with E-state index in [4.69, 9.17) is 21.1 Å². The number of anilines is 2. The average Bonchev–Trinajstić information content (AvgIpc) is 3.36. The molecule has 4 rings (SSSR count). The molecule has 4 heterocycles. The molecule has 0 aliphatic carbocycles. The van der Waals surface area contributed by atoms with Crippen LogP contribution in [0.1, 0.15) is 25.9 Å². The first-order valence-corrected chi connectivity index (χ1v) is 11.6. The predicted octanol–water partition coefficient (Wildman–Crippen LogP) is 3.90. The van der Waals surface area contributed by atoms with Crippen LogP contribution < -0.4 is 19.7 Å². The fourth-order valence-corrected chi connectivity index (χ4v) is 4.10. The van der Waals surface area contributed by atoms with Crippen LogP contribution in [0.3, 0.4) is 0 Å². The molecule has 0 saturated heterocycles. The lowest BCUT2D eigenvalue weighted by atomic mass is 10.0. The van der Waals surface area contributed by atoms with Crippen molar-refractivity contribution in [2.75, 3.05) is 31.5 Å². The van der Waals surface area contributed by atoms with Gasteiger partial charge in [0.05, 0.1) is 37.9 Å². The SMILES string of the molecule is COc1ccc(N(C)C(=O)c2nnc(NC(=O)c3cnc(C)cc3-c3cc(Cl)ncc3OC)s2)cn1. The molecule has 4 aromatic rings. The Morgan fingerprint density at radius 2 is 1.81 bits per heavy atom. The van der Waals surface area contributed by atoms with Crippen molar-refractivity contribution in [2.24, 2.45) is 0 Å². The molecular formula is C23H20ClN7O4S. The van der Waals surface area contributed by atoms with Crippen LogP contribution in [0.4, 0.5) is 10.8 Å². The van der Waals surface area contributed by atoms with Crippen LogP contribution in [0.25, 0.3) is 11.1 Å². The first-order chi connectivity index (χ1) is 17.3. The molecule has 0 spiro atoms. The number of aryl methyl sites for hydroxylation is 1. The third-order valence-corrected chi connectivity index (χ3v) is 6.11. The zero-order valence-electron chi connectivity index (χ0n) is 19.6. The van der Waals surface area contributed by atoms with E-state index in [2.05, 4.69) is 30.5 Å². The van der Waals surface area contributed by atoms with E-state index in [0.717, 1.165) is 11.3 Å². The molecule has 0 aliphatic rings. The molecule has 0 fully saturated rings. The second-order valence-corrected chi connectivity index (χ2v) is 8.73. The molecule has 36 heavy (non-hydrogen) atoms. The van der Waals surface area contributed by atoms with E-state index >= 15 is 0 Å². The number of nitrogens with one attached hydrogen (secondary N) is 1. The Labute approximate surface area is 215 Å². The molecule has 0 aliphatic heterocycles. The summed E-state index contributed by atoms with van der Waals surface area (Å²) in [4.78, 5) is 39.8. The number of aromatic nitrogens is 5. The highest BCUT2D eigenvalue weighted by atomic mass is 35.5. The van der Waals surface area contributed by atoms with E-state index in [9.17, 15) is 9.59 Å². The molecule has 4 aromatic heterocycles. The van der Waals surface area contributed by atoms with Crippen molar-refractivity contribution in [3.05, 3.63) is 64.3 Å². The largest absolute Gasteiger partial charge is 0.494 e. The monoisotopic (exact) mass is 525 g/mol. The molecule has 13 heteroatoms. The van der Waals surface area contributed by atoms with Crippen LogP contribution in [0.15, 0.2) is 42.9 Å². The van der Waals surface area contributed by atoms with E-state index in [-0.39, 0.29) is 20.9 Å². The highest BCUT2D eigenvalue weighted by Crippen LogP contribution is 2.34. The van der Waals surface area contributed by atoms with Crippen molar-refractivity contribution >= 4 is 45.6 Å². The number of carbonyl (C=O) groups excluding carboxylic acids is 2. The van der Waals surface area contributed by atoms with Gasteiger partial charge in [0, 0.05) is 36.1 Å². The fourth-order valence-electron chi connectivity index (χ4n) is 3.23. The van der Waals surface area contributed by atoms with E-state index in [0.29, 0.717) is 34.1 Å². The van der Waals surface area contributed by atoms with Gasteiger partial charge in [-0.3, -0.25) is 19.9 Å². The quantitative estimate of drug-likeness (QED) is 0.356. The lowest BCUT2D eigenvalue weighted by Crippen LogP contribution is -2.26. The molecule has 184 valence electrons. The number of hydrogen-bond donors (Lipinski definition) is 1. The van der Waals surface area contributed by atoms with Crippen LogP contribution in [0.5, 0.6) is 11.6 Å². The Morgan fingerprint density at radius 1 is 1.00 bits per heavy atom. The van der Waals surface area contributed by atoms with Gasteiger partial charge in [0.25, 0.3) is 11.8 Å². The number of hydrogen-bond acceptors (Lipinski definition) is 10. The number of halogens is 1. The van der Waals surface area contributed by atoms with Crippen LogP contribution in [0, 0.1) is 6.92 Å². The van der Waals surface area contributed by atoms with Gasteiger partial charge in [-0.25, -0.2) is 9.97 Å². The topological polar surface area (TPSA) is 132 Å². The van der Waals surface area contributed by atoms with Gasteiger partial charge in [0.15, 0.2) is 0 Å². The first kappa shape index (κ1) is 24.9. The highest BCUT2D eigenvalue weighted by Gasteiger charge is 2.22. The second kappa shape index (κ2) is 10.6. The second-order valence-electron chi connectivity index (χ2n) is 7.37. The molecule has 0 unspecified atom stereocenters. The highest BCUT2D eigenvalue weighted by molar-refractivity contribution is 7.17. The number of carbonyl (C=O) groups is 2. The number of ether oxygens (including phenoxy) is 2. The van der Waals surface area contributed by atoms with Crippen molar-refractivity contribution in [2.45, 2.75) is 6.92 Å². The van der Waals surface area contributed by atoms with Gasteiger partial charge in [-0.15, -0.1) is 10.2 Å². The van der Waals surface area contributed by atoms with Gasteiger partial charge >= 0.3 is 0 Å². The Kier molecular flexibility index (Phi) is 7.36. The summed E-state index contributed by atoms with van der Waals surface area (Å²) in [6.07, 6.45) is 4.43. The van der Waals surface area contributed by atoms with Gasteiger partial charge in [0.1, 0.15) is 10.9 Å². The molecule has 0 saturated carbocycles. The van der Waals surface area contributed by atoms with Crippen LogP contribution >= 0.6 is 22.9 Å². The van der Waals surface area contributed by atoms with Gasteiger partial charge in [-0.05, 0) is 25.1 Å².